The molecule has 0 spiro atoms. The molecular formula is C15H20N4S. The third kappa shape index (κ3) is 3.10. The fourth-order valence-corrected chi connectivity index (χ4v) is 2.90. The summed E-state index contributed by atoms with van der Waals surface area (Å²) >= 11 is 1.77. The number of hydrogen-bond acceptors (Lipinski definition) is 5. The van der Waals surface area contributed by atoms with Crippen LogP contribution in [-0.2, 0) is 0 Å². The van der Waals surface area contributed by atoms with Crippen molar-refractivity contribution in [2.75, 3.05) is 17.2 Å². The molecule has 0 aliphatic heterocycles. The number of thiophene rings is 1. The Morgan fingerprint density at radius 1 is 1.35 bits per heavy atom. The molecule has 1 atom stereocenters. The summed E-state index contributed by atoms with van der Waals surface area (Å²) in [4.78, 5) is 10.6. The molecule has 4 nitrogen and oxygen atoms in total. The third-order valence-corrected chi connectivity index (χ3v) is 4.43. The van der Waals surface area contributed by atoms with Crippen molar-refractivity contribution in [1.82, 2.24) is 9.97 Å². The lowest BCUT2D eigenvalue weighted by molar-refractivity contribution is 0.868. The lowest BCUT2D eigenvalue weighted by atomic mass is 10.2. The number of nitrogens with one attached hydrogen (secondary N) is 2. The fourth-order valence-electron chi connectivity index (χ4n) is 2.17. The highest BCUT2D eigenvalue weighted by Gasteiger charge is 2.27. The predicted molar refractivity (Wildman–Crippen MR) is 84.5 cm³/mol. The average Bonchev–Trinajstić information content (AvgIpc) is 3.13. The highest BCUT2D eigenvalue weighted by molar-refractivity contribution is 7.10. The van der Waals surface area contributed by atoms with Crippen molar-refractivity contribution >= 4 is 23.0 Å². The van der Waals surface area contributed by atoms with Gasteiger partial charge in [0, 0.05) is 23.4 Å². The van der Waals surface area contributed by atoms with Crippen molar-refractivity contribution < 1.29 is 0 Å². The Kier molecular flexibility index (Phi) is 3.87. The summed E-state index contributed by atoms with van der Waals surface area (Å²) in [5, 5.41) is 8.88. The average molecular weight is 288 g/mol. The molecule has 3 rings (SSSR count). The monoisotopic (exact) mass is 288 g/mol. The van der Waals surface area contributed by atoms with E-state index in [4.69, 9.17) is 0 Å². The van der Waals surface area contributed by atoms with Gasteiger partial charge in [0.1, 0.15) is 17.5 Å². The molecule has 1 aliphatic rings. The van der Waals surface area contributed by atoms with E-state index in [1.165, 1.54) is 17.7 Å². The van der Waals surface area contributed by atoms with Gasteiger partial charge in [0.2, 0.25) is 0 Å². The van der Waals surface area contributed by atoms with Gasteiger partial charge in [-0.05, 0) is 38.1 Å². The predicted octanol–water partition coefficient (Wildman–Crippen LogP) is 4.02. The summed E-state index contributed by atoms with van der Waals surface area (Å²) < 4.78 is 0. The number of rotatable bonds is 6. The van der Waals surface area contributed by atoms with Gasteiger partial charge >= 0.3 is 0 Å². The molecule has 2 N–H and O–H groups in total. The number of hydrogen-bond donors (Lipinski definition) is 2. The van der Waals surface area contributed by atoms with Crippen LogP contribution in [0.4, 0.5) is 11.6 Å². The first-order chi connectivity index (χ1) is 9.76. The molecule has 2 aromatic rings. The second-order valence-electron chi connectivity index (χ2n) is 5.18. The van der Waals surface area contributed by atoms with Crippen LogP contribution in [0.5, 0.6) is 0 Å². The minimum Gasteiger partial charge on any atom is -0.370 e. The first-order valence-corrected chi connectivity index (χ1v) is 8.07. The van der Waals surface area contributed by atoms with Gasteiger partial charge in [0.05, 0.1) is 6.04 Å². The quantitative estimate of drug-likeness (QED) is 0.843. The van der Waals surface area contributed by atoms with Crippen molar-refractivity contribution in [3.63, 3.8) is 0 Å². The second-order valence-corrected chi connectivity index (χ2v) is 6.16. The highest BCUT2D eigenvalue weighted by Crippen LogP contribution is 2.39. The Morgan fingerprint density at radius 2 is 2.15 bits per heavy atom. The highest BCUT2D eigenvalue weighted by atomic mass is 32.1. The number of aromatic nitrogens is 2. The van der Waals surface area contributed by atoms with Crippen LogP contribution < -0.4 is 10.6 Å². The molecule has 0 aromatic carbocycles. The lowest BCUT2D eigenvalue weighted by Gasteiger charge is -2.15. The van der Waals surface area contributed by atoms with Gasteiger partial charge in [0.25, 0.3) is 0 Å². The van der Waals surface area contributed by atoms with E-state index in [1.807, 2.05) is 6.07 Å². The molecule has 1 saturated carbocycles. The molecular weight excluding hydrogens is 268 g/mol. The Bertz CT molecular complexity index is 563. The smallest absolute Gasteiger partial charge is 0.136 e. The molecule has 1 aliphatic carbocycles. The summed E-state index contributed by atoms with van der Waals surface area (Å²) in [7, 11) is 0. The Hall–Kier alpha value is -1.62. The van der Waals surface area contributed by atoms with Gasteiger partial charge in [-0.1, -0.05) is 6.07 Å². The van der Waals surface area contributed by atoms with E-state index < -0.39 is 0 Å². The van der Waals surface area contributed by atoms with E-state index in [2.05, 4.69) is 52.0 Å². The molecule has 1 unspecified atom stereocenters. The first kappa shape index (κ1) is 13.4. The third-order valence-electron chi connectivity index (χ3n) is 3.38. The topological polar surface area (TPSA) is 49.8 Å². The largest absolute Gasteiger partial charge is 0.370 e. The van der Waals surface area contributed by atoms with E-state index >= 15 is 0 Å². The molecule has 2 aromatic heterocycles. The minimum absolute atomic E-state index is 0.270. The molecule has 2 heterocycles. The SMILES string of the molecule is CCNc1cc(NC(C)c2cccs2)nc(C2CC2)n1. The maximum atomic E-state index is 4.67. The van der Waals surface area contributed by atoms with E-state index in [-0.39, 0.29) is 6.04 Å². The van der Waals surface area contributed by atoms with Crippen molar-refractivity contribution in [3.05, 3.63) is 34.3 Å². The van der Waals surface area contributed by atoms with Crippen molar-refractivity contribution in [3.8, 4) is 0 Å². The van der Waals surface area contributed by atoms with E-state index in [9.17, 15) is 0 Å². The zero-order chi connectivity index (χ0) is 13.9. The molecule has 20 heavy (non-hydrogen) atoms. The first-order valence-electron chi connectivity index (χ1n) is 7.19. The van der Waals surface area contributed by atoms with Crippen molar-refractivity contribution in [2.45, 2.75) is 38.6 Å². The van der Waals surface area contributed by atoms with Crippen LogP contribution in [0.15, 0.2) is 23.6 Å². The standard InChI is InChI=1S/C15H20N4S/c1-3-16-13-9-14(19-15(18-13)11-6-7-11)17-10(2)12-5-4-8-20-12/h4-5,8-11H,3,6-7H2,1-2H3,(H2,16,17,18,19). The fraction of sp³-hybridized carbons (Fsp3) is 0.467. The van der Waals surface area contributed by atoms with Crippen LogP contribution in [0.1, 0.15) is 49.4 Å². The molecule has 106 valence electrons. The van der Waals surface area contributed by atoms with Crippen LogP contribution in [-0.4, -0.2) is 16.5 Å². The lowest BCUT2D eigenvalue weighted by Crippen LogP contribution is -2.10. The normalized spacial score (nSPS) is 15.9. The Morgan fingerprint density at radius 3 is 2.80 bits per heavy atom. The number of anilines is 2. The molecule has 0 bridgehead atoms. The van der Waals surface area contributed by atoms with Crippen LogP contribution >= 0.6 is 11.3 Å². The van der Waals surface area contributed by atoms with Gasteiger partial charge < -0.3 is 10.6 Å². The van der Waals surface area contributed by atoms with Crippen LogP contribution in [0.2, 0.25) is 0 Å². The summed E-state index contributed by atoms with van der Waals surface area (Å²) in [6.07, 6.45) is 2.44. The second kappa shape index (κ2) is 5.79. The summed E-state index contributed by atoms with van der Waals surface area (Å²) in [6, 6.07) is 6.50. The van der Waals surface area contributed by atoms with Gasteiger partial charge in [-0.15, -0.1) is 11.3 Å². The van der Waals surface area contributed by atoms with Crippen LogP contribution in [0.25, 0.3) is 0 Å². The Balaban J connectivity index is 1.80. The van der Waals surface area contributed by atoms with E-state index in [0.29, 0.717) is 5.92 Å². The summed E-state index contributed by atoms with van der Waals surface area (Å²) in [6.45, 7) is 5.12. The molecule has 1 fully saturated rings. The summed E-state index contributed by atoms with van der Waals surface area (Å²) in [5.74, 6) is 3.37. The maximum absolute atomic E-state index is 4.67. The van der Waals surface area contributed by atoms with Crippen LogP contribution in [0, 0.1) is 0 Å². The van der Waals surface area contributed by atoms with Gasteiger partial charge in [0.15, 0.2) is 0 Å². The Labute approximate surface area is 123 Å². The zero-order valence-electron chi connectivity index (χ0n) is 11.9. The van der Waals surface area contributed by atoms with Gasteiger partial charge in [-0.3, -0.25) is 0 Å². The van der Waals surface area contributed by atoms with Crippen LogP contribution in [0.3, 0.4) is 0 Å². The van der Waals surface area contributed by atoms with Gasteiger partial charge in [-0.25, -0.2) is 9.97 Å². The number of nitrogens with zero attached hydrogens (tertiary/aromatic N) is 2. The minimum atomic E-state index is 0.270. The zero-order valence-corrected chi connectivity index (χ0v) is 12.7. The van der Waals surface area contributed by atoms with Crippen molar-refractivity contribution in [1.29, 1.82) is 0 Å². The molecule has 5 heteroatoms. The van der Waals surface area contributed by atoms with E-state index in [0.717, 1.165) is 24.0 Å². The molecule has 0 saturated heterocycles. The molecule has 0 amide bonds. The summed E-state index contributed by atoms with van der Waals surface area (Å²) in [5.41, 5.74) is 0. The van der Waals surface area contributed by atoms with E-state index in [1.54, 1.807) is 11.3 Å². The van der Waals surface area contributed by atoms with Gasteiger partial charge in [-0.2, -0.15) is 0 Å². The molecule has 0 radical (unpaired) electrons. The van der Waals surface area contributed by atoms with Crippen molar-refractivity contribution in [2.24, 2.45) is 0 Å². The maximum Gasteiger partial charge on any atom is 0.136 e.